The summed E-state index contributed by atoms with van der Waals surface area (Å²) >= 11 is 5.64. The minimum Gasteiger partial charge on any atom is -0.388 e. The Labute approximate surface area is 126 Å². The van der Waals surface area contributed by atoms with E-state index in [1.54, 1.807) is 0 Å². The van der Waals surface area contributed by atoms with Crippen molar-refractivity contribution in [3.63, 3.8) is 0 Å². The van der Waals surface area contributed by atoms with Gasteiger partial charge in [-0.25, -0.2) is 4.98 Å². The highest BCUT2D eigenvalue weighted by molar-refractivity contribution is 6.29. The first-order chi connectivity index (χ1) is 9.76. The summed E-state index contributed by atoms with van der Waals surface area (Å²) in [6, 6.07) is 1.11. The lowest BCUT2D eigenvalue weighted by molar-refractivity contribution is -0.385. The van der Waals surface area contributed by atoms with Gasteiger partial charge < -0.3 is 15.2 Å². The number of halogens is 1. The molecule has 1 amide bonds. The summed E-state index contributed by atoms with van der Waals surface area (Å²) in [4.78, 5) is 25.7. The van der Waals surface area contributed by atoms with Crippen LogP contribution in [-0.4, -0.2) is 46.8 Å². The van der Waals surface area contributed by atoms with E-state index >= 15 is 0 Å². The number of hydrogen-bond donors (Lipinski definition) is 2. The highest BCUT2D eigenvalue weighted by Gasteiger charge is 2.25. The summed E-state index contributed by atoms with van der Waals surface area (Å²) in [7, 11) is 1.50. The van der Waals surface area contributed by atoms with Crippen molar-refractivity contribution in [3.05, 3.63) is 33.1 Å². The number of nitro groups is 1. The number of nitrogens with one attached hydrogen (secondary N) is 1. The Hall–Kier alpha value is -1.77. The van der Waals surface area contributed by atoms with E-state index in [9.17, 15) is 20.0 Å². The number of carbonyl (C=O) groups excluding carboxylic acids is 1. The molecule has 21 heavy (non-hydrogen) atoms. The maximum absolute atomic E-state index is 12.0. The van der Waals surface area contributed by atoms with Gasteiger partial charge in [0.2, 0.25) is 0 Å². The average Bonchev–Trinajstić information content (AvgIpc) is 2.42. The summed E-state index contributed by atoms with van der Waals surface area (Å²) < 4.78 is 4.85. The molecule has 0 saturated carbocycles. The molecule has 0 bridgehead atoms. The number of hydrogen-bond acceptors (Lipinski definition) is 6. The van der Waals surface area contributed by atoms with Crippen LogP contribution in [0.4, 0.5) is 5.69 Å². The molecule has 0 saturated heterocycles. The fraction of sp³-hybridized carbons (Fsp3) is 0.500. The predicted molar refractivity (Wildman–Crippen MR) is 75.4 cm³/mol. The van der Waals surface area contributed by atoms with Crippen LogP contribution in [0.25, 0.3) is 0 Å². The van der Waals surface area contributed by atoms with E-state index < -0.39 is 22.1 Å². The number of rotatable bonds is 7. The molecule has 1 unspecified atom stereocenters. The Bertz CT molecular complexity index is 536. The van der Waals surface area contributed by atoms with Crippen LogP contribution in [0.1, 0.15) is 23.7 Å². The molecule has 0 fully saturated rings. The zero-order valence-electron chi connectivity index (χ0n) is 11.6. The number of ether oxygens (including phenoxy) is 1. The summed E-state index contributed by atoms with van der Waals surface area (Å²) in [5.41, 5.74) is -1.84. The zero-order chi connectivity index (χ0) is 16.0. The molecule has 0 aliphatic heterocycles. The molecule has 0 aromatic carbocycles. The van der Waals surface area contributed by atoms with Gasteiger partial charge in [-0.3, -0.25) is 14.9 Å². The van der Waals surface area contributed by atoms with Gasteiger partial charge in [-0.15, -0.1) is 0 Å². The molecule has 0 aliphatic carbocycles. The topological polar surface area (TPSA) is 115 Å². The minimum absolute atomic E-state index is 0.0307. The van der Waals surface area contributed by atoms with Crippen LogP contribution in [0.2, 0.25) is 5.15 Å². The van der Waals surface area contributed by atoms with Gasteiger partial charge >= 0.3 is 0 Å². The monoisotopic (exact) mass is 317 g/mol. The number of methoxy groups -OCH3 is 1. The van der Waals surface area contributed by atoms with Gasteiger partial charge in [0.05, 0.1) is 10.5 Å². The molecule has 1 aromatic heterocycles. The van der Waals surface area contributed by atoms with Crippen LogP contribution in [-0.2, 0) is 4.74 Å². The Morgan fingerprint density at radius 1 is 1.67 bits per heavy atom. The van der Waals surface area contributed by atoms with E-state index in [1.165, 1.54) is 14.0 Å². The van der Waals surface area contributed by atoms with Crippen LogP contribution >= 0.6 is 11.6 Å². The Morgan fingerprint density at radius 3 is 2.90 bits per heavy atom. The maximum atomic E-state index is 12.0. The standard InChI is InChI=1S/C12H16ClN3O5/c1-12(18,3-4-21-2)7-15-11(17)8-5-10(13)14-6-9(8)16(19)20/h5-6,18H,3-4,7H2,1-2H3,(H,15,17). The lowest BCUT2D eigenvalue weighted by Crippen LogP contribution is -2.41. The molecular formula is C12H16ClN3O5. The minimum atomic E-state index is -1.18. The largest absolute Gasteiger partial charge is 0.388 e. The van der Waals surface area contributed by atoms with Crippen LogP contribution in [0.3, 0.4) is 0 Å². The second-order valence-corrected chi connectivity index (χ2v) is 5.09. The van der Waals surface area contributed by atoms with Gasteiger partial charge in [0.1, 0.15) is 16.9 Å². The number of aliphatic hydroxyl groups is 1. The van der Waals surface area contributed by atoms with E-state index in [4.69, 9.17) is 16.3 Å². The quantitative estimate of drug-likeness (QED) is 0.443. The van der Waals surface area contributed by atoms with E-state index in [2.05, 4.69) is 10.3 Å². The number of nitrogens with zero attached hydrogens (tertiary/aromatic N) is 2. The lowest BCUT2D eigenvalue weighted by atomic mass is 10.0. The zero-order valence-corrected chi connectivity index (χ0v) is 12.4. The number of pyridine rings is 1. The van der Waals surface area contributed by atoms with Crippen molar-refractivity contribution in [3.8, 4) is 0 Å². The molecule has 0 spiro atoms. The Kier molecular flexibility index (Phi) is 6.01. The van der Waals surface area contributed by atoms with Crippen LogP contribution in [0, 0.1) is 10.1 Å². The molecule has 116 valence electrons. The first-order valence-corrected chi connectivity index (χ1v) is 6.44. The highest BCUT2D eigenvalue weighted by Crippen LogP contribution is 2.20. The SMILES string of the molecule is COCCC(C)(O)CNC(=O)c1cc(Cl)ncc1[N+](=O)[O-]. The lowest BCUT2D eigenvalue weighted by Gasteiger charge is -2.23. The van der Waals surface area contributed by atoms with Crippen molar-refractivity contribution in [2.24, 2.45) is 0 Å². The van der Waals surface area contributed by atoms with Crippen LogP contribution in [0.5, 0.6) is 0 Å². The third kappa shape index (κ3) is 5.25. The van der Waals surface area contributed by atoms with Crippen LogP contribution in [0.15, 0.2) is 12.3 Å². The molecular weight excluding hydrogens is 302 g/mol. The molecule has 2 N–H and O–H groups in total. The molecule has 1 atom stereocenters. The fourth-order valence-corrected chi connectivity index (χ4v) is 1.68. The number of carbonyl (C=O) groups is 1. The molecule has 0 aliphatic rings. The van der Waals surface area contributed by atoms with Gasteiger partial charge in [0, 0.05) is 26.7 Å². The van der Waals surface area contributed by atoms with Crippen molar-refractivity contribution < 1.29 is 19.6 Å². The molecule has 8 nitrogen and oxygen atoms in total. The molecule has 9 heteroatoms. The van der Waals surface area contributed by atoms with Crippen LogP contribution < -0.4 is 5.32 Å². The molecule has 1 heterocycles. The van der Waals surface area contributed by atoms with Gasteiger partial charge in [0.25, 0.3) is 11.6 Å². The van der Waals surface area contributed by atoms with Crippen molar-refractivity contribution in [2.75, 3.05) is 20.3 Å². The fourth-order valence-electron chi connectivity index (χ4n) is 1.53. The van der Waals surface area contributed by atoms with Crippen molar-refractivity contribution in [1.29, 1.82) is 0 Å². The normalized spacial score (nSPS) is 13.5. The number of amides is 1. The van der Waals surface area contributed by atoms with Crippen molar-refractivity contribution >= 4 is 23.2 Å². The molecule has 0 radical (unpaired) electrons. The Morgan fingerprint density at radius 2 is 2.33 bits per heavy atom. The molecule has 1 rings (SSSR count). The van der Waals surface area contributed by atoms with Gasteiger partial charge in [-0.1, -0.05) is 11.6 Å². The molecule has 1 aromatic rings. The second-order valence-electron chi connectivity index (χ2n) is 4.70. The van der Waals surface area contributed by atoms with Gasteiger partial charge in [0.15, 0.2) is 0 Å². The van der Waals surface area contributed by atoms with Crippen molar-refractivity contribution in [1.82, 2.24) is 10.3 Å². The third-order valence-corrected chi connectivity index (χ3v) is 2.97. The Balaban J connectivity index is 2.80. The summed E-state index contributed by atoms with van der Waals surface area (Å²) in [5, 5.41) is 23.3. The third-order valence-electron chi connectivity index (χ3n) is 2.77. The predicted octanol–water partition coefficient (Wildman–Crippen LogP) is 1.16. The van der Waals surface area contributed by atoms with Gasteiger partial charge in [-0.05, 0) is 13.0 Å². The smallest absolute Gasteiger partial charge is 0.300 e. The average molecular weight is 318 g/mol. The second kappa shape index (κ2) is 7.30. The van der Waals surface area contributed by atoms with E-state index in [0.717, 1.165) is 12.3 Å². The van der Waals surface area contributed by atoms with E-state index in [1.807, 2.05) is 0 Å². The van der Waals surface area contributed by atoms with Crippen molar-refractivity contribution in [2.45, 2.75) is 18.9 Å². The maximum Gasteiger partial charge on any atom is 0.300 e. The summed E-state index contributed by atoms with van der Waals surface area (Å²) in [5.74, 6) is -0.705. The first-order valence-electron chi connectivity index (χ1n) is 6.06. The van der Waals surface area contributed by atoms with Gasteiger partial charge in [-0.2, -0.15) is 0 Å². The highest BCUT2D eigenvalue weighted by atomic mass is 35.5. The van der Waals surface area contributed by atoms with E-state index in [0.29, 0.717) is 13.0 Å². The first kappa shape index (κ1) is 17.3. The summed E-state index contributed by atoms with van der Waals surface area (Å²) in [6.45, 7) is 1.77. The van der Waals surface area contributed by atoms with E-state index in [-0.39, 0.29) is 17.3 Å². The number of aromatic nitrogens is 1. The summed E-state index contributed by atoms with van der Waals surface area (Å²) in [6.07, 6.45) is 1.23.